The quantitative estimate of drug-likeness (QED) is 0.921. The number of hydrogen-bond donors (Lipinski definition) is 1. The van der Waals surface area contributed by atoms with E-state index in [9.17, 15) is 8.42 Å². The van der Waals surface area contributed by atoms with Gasteiger partial charge < -0.3 is 4.98 Å². The van der Waals surface area contributed by atoms with E-state index in [1.165, 1.54) is 0 Å². The molecule has 1 aliphatic rings. The highest BCUT2D eigenvalue weighted by Gasteiger charge is 2.29. The Morgan fingerprint density at radius 2 is 1.94 bits per heavy atom. The fourth-order valence-corrected chi connectivity index (χ4v) is 4.38. The fourth-order valence-electron chi connectivity index (χ4n) is 2.35. The van der Waals surface area contributed by atoms with Crippen molar-refractivity contribution in [3.63, 3.8) is 0 Å². The lowest BCUT2D eigenvalue weighted by molar-refractivity contribution is 0.478. The second-order valence-corrected chi connectivity index (χ2v) is 7.28. The van der Waals surface area contributed by atoms with Gasteiger partial charge >= 0.3 is 0 Å². The highest BCUT2D eigenvalue weighted by molar-refractivity contribution is 9.10. The number of rotatable bonds is 2. The summed E-state index contributed by atoms with van der Waals surface area (Å²) in [6.07, 6.45) is 3.49. The standard InChI is InChI=1S/C12H13BrN2O2S/c13-9-3-4-11-10(7-9)12(8-14-11)18(16,17)15-5-1-2-6-15/h3-4,7-8,14H,1-2,5-6H2. The molecule has 1 aliphatic heterocycles. The van der Waals surface area contributed by atoms with E-state index >= 15 is 0 Å². The van der Waals surface area contributed by atoms with Crippen LogP contribution in [0.2, 0.25) is 0 Å². The summed E-state index contributed by atoms with van der Waals surface area (Å²) in [5.41, 5.74) is 0.843. The number of H-pyrrole nitrogens is 1. The minimum Gasteiger partial charge on any atom is -0.360 e. The lowest BCUT2D eigenvalue weighted by Crippen LogP contribution is -2.27. The Morgan fingerprint density at radius 1 is 1.22 bits per heavy atom. The Hall–Kier alpha value is -0.850. The van der Waals surface area contributed by atoms with Gasteiger partial charge in [-0.15, -0.1) is 0 Å². The van der Waals surface area contributed by atoms with Gasteiger partial charge in [0.25, 0.3) is 0 Å². The second kappa shape index (κ2) is 4.36. The number of halogens is 1. The van der Waals surface area contributed by atoms with Gasteiger partial charge in [0, 0.05) is 34.7 Å². The molecule has 0 saturated carbocycles. The average molecular weight is 329 g/mol. The van der Waals surface area contributed by atoms with Gasteiger partial charge in [-0.05, 0) is 31.0 Å². The summed E-state index contributed by atoms with van der Waals surface area (Å²) in [5, 5.41) is 0.747. The van der Waals surface area contributed by atoms with Crippen molar-refractivity contribution >= 4 is 36.9 Å². The molecule has 1 fully saturated rings. The smallest absolute Gasteiger partial charge is 0.245 e. The Bertz CT molecular complexity index is 687. The molecule has 1 saturated heterocycles. The van der Waals surface area contributed by atoms with Crippen molar-refractivity contribution in [2.45, 2.75) is 17.7 Å². The first-order valence-corrected chi connectivity index (χ1v) is 8.09. The predicted octanol–water partition coefficient (Wildman–Crippen LogP) is 2.71. The third-order valence-corrected chi connectivity index (χ3v) is 5.72. The fraction of sp³-hybridized carbons (Fsp3) is 0.333. The monoisotopic (exact) mass is 328 g/mol. The van der Waals surface area contributed by atoms with Crippen molar-refractivity contribution in [1.82, 2.24) is 9.29 Å². The molecule has 0 bridgehead atoms. The van der Waals surface area contributed by atoms with Crippen LogP contribution in [-0.2, 0) is 10.0 Å². The van der Waals surface area contributed by atoms with Crippen LogP contribution in [0.4, 0.5) is 0 Å². The zero-order valence-electron chi connectivity index (χ0n) is 9.69. The summed E-state index contributed by atoms with van der Waals surface area (Å²) in [4.78, 5) is 3.39. The molecule has 1 aromatic heterocycles. The average Bonchev–Trinajstić information content (AvgIpc) is 2.97. The van der Waals surface area contributed by atoms with Crippen molar-refractivity contribution in [1.29, 1.82) is 0 Å². The highest BCUT2D eigenvalue weighted by Crippen LogP contribution is 2.29. The Morgan fingerprint density at radius 3 is 2.67 bits per heavy atom. The first-order chi connectivity index (χ1) is 8.59. The number of aromatic nitrogens is 1. The lowest BCUT2D eigenvalue weighted by atomic mass is 10.2. The minimum absolute atomic E-state index is 0.376. The Balaban J connectivity index is 2.16. The normalized spacial score (nSPS) is 17.6. The van der Waals surface area contributed by atoms with Crippen LogP contribution >= 0.6 is 15.9 Å². The minimum atomic E-state index is -3.36. The van der Waals surface area contributed by atoms with Gasteiger partial charge in [-0.3, -0.25) is 0 Å². The maximum atomic E-state index is 12.5. The summed E-state index contributed by atoms with van der Waals surface area (Å²) in [7, 11) is -3.36. The molecule has 0 aliphatic carbocycles. The van der Waals surface area contributed by atoms with Crippen LogP contribution in [0, 0.1) is 0 Å². The molecule has 96 valence electrons. The van der Waals surface area contributed by atoms with E-state index in [-0.39, 0.29) is 0 Å². The van der Waals surface area contributed by atoms with Crippen LogP contribution in [0.25, 0.3) is 10.9 Å². The SMILES string of the molecule is O=S(=O)(c1c[nH]c2ccc(Br)cc12)N1CCCC1. The first-order valence-electron chi connectivity index (χ1n) is 5.86. The predicted molar refractivity (Wildman–Crippen MR) is 74.0 cm³/mol. The van der Waals surface area contributed by atoms with Gasteiger partial charge in [-0.25, -0.2) is 8.42 Å². The molecule has 18 heavy (non-hydrogen) atoms. The van der Waals surface area contributed by atoms with Gasteiger partial charge in [0.05, 0.1) is 0 Å². The van der Waals surface area contributed by atoms with Gasteiger partial charge in [-0.1, -0.05) is 15.9 Å². The van der Waals surface area contributed by atoms with E-state index in [4.69, 9.17) is 0 Å². The van der Waals surface area contributed by atoms with Crippen LogP contribution in [0.5, 0.6) is 0 Å². The van der Waals surface area contributed by atoms with Crippen molar-refractivity contribution in [2.75, 3.05) is 13.1 Å². The van der Waals surface area contributed by atoms with Crippen molar-refractivity contribution < 1.29 is 8.42 Å². The maximum Gasteiger partial charge on any atom is 0.245 e. The summed E-state index contributed by atoms with van der Waals surface area (Å²) in [6.45, 7) is 1.26. The van der Waals surface area contributed by atoms with Crippen molar-refractivity contribution in [3.8, 4) is 0 Å². The van der Waals surface area contributed by atoms with E-state index in [2.05, 4.69) is 20.9 Å². The maximum absolute atomic E-state index is 12.5. The van der Waals surface area contributed by atoms with Crippen molar-refractivity contribution in [3.05, 3.63) is 28.9 Å². The number of nitrogens with zero attached hydrogens (tertiary/aromatic N) is 1. The van der Waals surface area contributed by atoms with E-state index in [1.54, 1.807) is 10.5 Å². The zero-order valence-corrected chi connectivity index (χ0v) is 12.1. The number of sulfonamides is 1. The molecule has 1 aromatic carbocycles. The Kier molecular flexibility index (Phi) is 2.96. The molecule has 3 rings (SSSR count). The molecular weight excluding hydrogens is 316 g/mol. The van der Waals surface area contributed by atoms with E-state index in [0.717, 1.165) is 28.2 Å². The molecule has 0 unspecified atom stereocenters. The Labute approximate surface area is 114 Å². The van der Waals surface area contributed by atoms with E-state index in [0.29, 0.717) is 18.0 Å². The molecule has 1 N–H and O–H groups in total. The summed E-state index contributed by atoms with van der Waals surface area (Å²) >= 11 is 3.38. The van der Waals surface area contributed by atoms with E-state index < -0.39 is 10.0 Å². The largest absolute Gasteiger partial charge is 0.360 e. The lowest BCUT2D eigenvalue weighted by Gasteiger charge is -2.14. The van der Waals surface area contributed by atoms with Gasteiger partial charge in [0.1, 0.15) is 4.90 Å². The molecule has 4 nitrogen and oxygen atoms in total. The third-order valence-electron chi connectivity index (χ3n) is 3.29. The number of fused-ring (bicyclic) bond motifs is 1. The molecule has 0 spiro atoms. The summed E-state index contributed by atoms with van der Waals surface area (Å²) in [6, 6.07) is 5.61. The molecule has 0 radical (unpaired) electrons. The van der Waals surface area contributed by atoms with Crippen molar-refractivity contribution in [2.24, 2.45) is 0 Å². The molecular formula is C12H13BrN2O2S. The number of aromatic amines is 1. The number of hydrogen-bond acceptors (Lipinski definition) is 2. The molecule has 6 heteroatoms. The van der Waals surface area contributed by atoms with Crippen LogP contribution < -0.4 is 0 Å². The topological polar surface area (TPSA) is 53.2 Å². The molecule has 0 atom stereocenters. The van der Waals surface area contributed by atoms with E-state index in [1.807, 2.05) is 18.2 Å². The third kappa shape index (κ3) is 1.88. The summed E-state index contributed by atoms with van der Waals surface area (Å²) in [5.74, 6) is 0. The molecule has 2 heterocycles. The van der Waals surface area contributed by atoms with Crippen LogP contribution in [0.15, 0.2) is 33.8 Å². The van der Waals surface area contributed by atoms with Gasteiger partial charge in [-0.2, -0.15) is 4.31 Å². The molecule has 0 amide bonds. The number of nitrogens with one attached hydrogen (secondary N) is 1. The highest BCUT2D eigenvalue weighted by atomic mass is 79.9. The summed E-state index contributed by atoms with van der Waals surface area (Å²) < 4.78 is 27.5. The second-order valence-electron chi connectivity index (χ2n) is 4.45. The van der Waals surface area contributed by atoms with Crippen LogP contribution in [0.1, 0.15) is 12.8 Å². The number of benzene rings is 1. The van der Waals surface area contributed by atoms with Gasteiger partial charge in [0.2, 0.25) is 10.0 Å². The molecule has 2 aromatic rings. The first kappa shape index (κ1) is 12.2. The van der Waals surface area contributed by atoms with Crippen LogP contribution in [-0.4, -0.2) is 30.8 Å². The zero-order chi connectivity index (χ0) is 12.8. The van der Waals surface area contributed by atoms with Gasteiger partial charge in [0.15, 0.2) is 0 Å². The van der Waals surface area contributed by atoms with Crippen LogP contribution in [0.3, 0.4) is 0 Å².